The summed E-state index contributed by atoms with van der Waals surface area (Å²) in [5.74, 6) is 0.148. The highest BCUT2D eigenvalue weighted by Crippen LogP contribution is 2.31. The van der Waals surface area contributed by atoms with Crippen molar-refractivity contribution in [1.29, 1.82) is 0 Å². The van der Waals surface area contributed by atoms with Crippen molar-refractivity contribution in [2.24, 2.45) is 0 Å². The number of fused-ring (bicyclic) bond motifs is 1. The fraction of sp³-hybridized carbons (Fsp3) is 0.500. The molecule has 0 bridgehead atoms. The fourth-order valence-corrected chi connectivity index (χ4v) is 2.91. The summed E-state index contributed by atoms with van der Waals surface area (Å²) in [5.41, 5.74) is 0.604. The number of nitrogens with one attached hydrogen (secondary N) is 1. The van der Waals surface area contributed by atoms with Crippen molar-refractivity contribution in [1.82, 2.24) is 14.8 Å². The Kier molecular flexibility index (Phi) is 2.21. The van der Waals surface area contributed by atoms with Crippen molar-refractivity contribution in [3.05, 3.63) is 24.0 Å². The number of rotatable bonds is 1. The summed E-state index contributed by atoms with van der Waals surface area (Å²) in [4.78, 5) is 30.4. The Morgan fingerprint density at radius 2 is 2.29 bits per heavy atom. The summed E-state index contributed by atoms with van der Waals surface area (Å²) in [5, 5.41) is 0. The summed E-state index contributed by atoms with van der Waals surface area (Å²) in [6, 6.07) is 3.85. The number of nitrogens with zero attached hydrogens (tertiary/aromatic N) is 2. The van der Waals surface area contributed by atoms with E-state index in [1.807, 2.05) is 18.0 Å². The van der Waals surface area contributed by atoms with E-state index in [1.165, 1.54) is 0 Å². The van der Waals surface area contributed by atoms with Gasteiger partial charge in [0.2, 0.25) is 5.91 Å². The van der Waals surface area contributed by atoms with Crippen LogP contribution < -0.4 is 0 Å². The van der Waals surface area contributed by atoms with Crippen molar-refractivity contribution >= 4 is 11.8 Å². The topological polar surface area (TPSA) is 56.4 Å². The summed E-state index contributed by atoms with van der Waals surface area (Å²) in [6.07, 6.45) is 3.10. The number of carbonyl (C=O) groups excluding carboxylic acids is 2. The molecule has 2 fully saturated rings. The molecule has 3 rings (SSSR count). The third kappa shape index (κ3) is 1.45. The quantitative estimate of drug-likeness (QED) is 0.766. The maximum Gasteiger partial charge on any atom is 0.270 e. The number of carbonyl (C=O) groups is 2. The van der Waals surface area contributed by atoms with E-state index in [9.17, 15) is 9.59 Å². The molecular formula is C12H15N3O2. The van der Waals surface area contributed by atoms with E-state index in [2.05, 4.69) is 4.98 Å². The van der Waals surface area contributed by atoms with Gasteiger partial charge < -0.3 is 14.8 Å². The molecule has 2 atom stereocenters. The van der Waals surface area contributed by atoms with E-state index < -0.39 is 0 Å². The van der Waals surface area contributed by atoms with Gasteiger partial charge in [-0.1, -0.05) is 0 Å². The average molecular weight is 233 g/mol. The Morgan fingerprint density at radius 1 is 1.47 bits per heavy atom. The van der Waals surface area contributed by atoms with E-state index >= 15 is 0 Å². The monoisotopic (exact) mass is 233 g/mol. The van der Waals surface area contributed by atoms with Gasteiger partial charge in [0.05, 0.1) is 12.1 Å². The molecule has 5 nitrogen and oxygen atoms in total. The molecular weight excluding hydrogens is 218 g/mol. The first-order valence-corrected chi connectivity index (χ1v) is 5.88. The van der Waals surface area contributed by atoms with Crippen molar-refractivity contribution in [3.8, 4) is 0 Å². The average Bonchev–Trinajstić information content (AvgIpc) is 2.99. The smallest absolute Gasteiger partial charge is 0.270 e. The highest BCUT2D eigenvalue weighted by atomic mass is 16.2. The molecule has 2 aliphatic rings. The standard InChI is InChI=1S/C12H15N3O2/c1-14-9-4-6-15(10(9)7-11(14)16)12(17)8-3-2-5-13-8/h2-3,5,9-10,13H,4,6-7H2,1H3. The molecule has 0 aromatic carbocycles. The van der Waals surface area contributed by atoms with E-state index in [1.54, 1.807) is 17.2 Å². The van der Waals surface area contributed by atoms with E-state index in [0.717, 1.165) is 13.0 Å². The molecule has 0 saturated carbocycles. The van der Waals surface area contributed by atoms with Gasteiger partial charge in [0, 0.05) is 26.2 Å². The molecule has 1 aromatic heterocycles. The molecule has 1 N–H and O–H groups in total. The van der Waals surface area contributed by atoms with Crippen molar-refractivity contribution in [2.75, 3.05) is 13.6 Å². The molecule has 2 amide bonds. The van der Waals surface area contributed by atoms with Crippen LogP contribution in [0, 0.1) is 0 Å². The molecule has 2 saturated heterocycles. The lowest BCUT2D eigenvalue weighted by atomic mass is 10.1. The van der Waals surface area contributed by atoms with Crippen LogP contribution >= 0.6 is 0 Å². The molecule has 90 valence electrons. The zero-order chi connectivity index (χ0) is 12.0. The predicted molar refractivity (Wildman–Crippen MR) is 61.4 cm³/mol. The molecule has 2 aliphatic heterocycles. The Bertz CT molecular complexity index is 454. The van der Waals surface area contributed by atoms with Gasteiger partial charge >= 0.3 is 0 Å². The second-order valence-electron chi connectivity index (χ2n) is 4.71. The highest BCUT2D eigenvalue weighted by molar-refractivity contribution is 5.94. The number of likely N-dealkylation sites (N-methyl/N-ethyl adjacent to an activating group) is 1. The predicted octanol–water partition coefficient (Wildman–Crippen LogP) is 0.460. The number of likely N-dealkylation sites (tertiary alicyclic amines) is 2. The van der Waals surface area contributed by atoms with Crippen LogP contribution in [0.3, 0.4) is 0 Å². The van der Waals surface area contributed by atoms with Crippen LogP contribution in [0.15, 0.2) is 18.3 Å². The van der Waals surface area contributed by atoms with Crippen LogP contribution in [0.1, 0.15) is 23.3 Å². The summed E-state index contributed by atoms with van der Waals surface area (Å²) < 4.78 is 0. The van der Waals surface area contributed by atoms with Gasteiger partial charge in [0.15, 0.2) is 0 Å². The Morgan fingerprint density at radius 3 is 3.00 bits per heavy atom. The first-order chi connectivity index (χ1) is 8.18. The lowest BCUT2D eigenvalue weighted by Crippen LogP contribution is -2.39. The van der Waals surface area contributed by atoms with Crippen molar-refractivity contribution in [2.45, 2.75) is 24.9 Å². The van der Waals surface area contributed by atoms with Gasteiger partial charge in [0.25, 0.3) is 5.91 Å². The molecule has 1 aromatic rings. The van der Waals surface area contributed by atoms with Crippen LogP contribution in [0.25, 0.3) is 0 Å². The maximum absolute atomic E-state index is 12.2. The van der Waals surface area contributed by atoms with Gasteiger partial charge in [-0.15, -0.1) is 0 Å². The normalized spacial score (nSPS) is 27.7. The maximum atomic E-state index is 12.2. The molecule has 0 aliphatic carbocycles. The lowest BCUT2D eigenvalue weighted by molar-refractivity contribution is -0.127. The van der Waals surface area contributed by atoms with E-state index in [4.69, 9.17) is 0 Å². The van der Waals surface area contributed by atoms with Crippen molar-refractivity contribution < 1.29 is 9.59 Å². The molecule has 0 radical (unpaired) electrons. The van der Waals surface area contributed by atoms with Crippen LogP contribution in [-0.2, 0) is 4.79 Å². The SMILES string of the molecule is CN1C(=O)CC2C1CCN2C(=O)c1ccc[nH]1. The Labute approximate surface area is 99.4 Å². The summed E-state index contributed by atoms with van der Waals surface area (Å²) >= 11 is 0. The second-order valence-corrected chi connectivity index (χ2v) is 4.71. The van der Waals surface area contributed by atoms with Crippen LogP contribution in [0.5, 0.6) is 0 Å². The van der Waals surface area contributed by atoms with Crippen molar-refractivity contribution in [3.63, 3.8) is 0 Å². The van der Waals surface area contributed by atoms with Crippen LogP contribution in [0.2, 0.25) is 0 Å². The Balaban J connectivity index is 1.83. The third-order valence-electron chi connectivity index (χ3n) is 3.87. The third-order valence-corrected chi connectivity index (χ3v) is 3.87. The van der Waals surface area contributed by atoms with Crippen LogP contribution in [0.4, 0.5) is 0 Å². The van der Waals surface area contributed by atoms with Gasteiger partial charge in [-0.2, -0.15) is 0 Å². The second kappa shape index (κ2) is 3.61. The zero-order valence-corrected chi connectivity index (χ0v) is 9.72. The van der Waals surface area contributed by atoms with E-state index in [0.29, 0.717) is 12.1 Å². The number of H-pyrrole nitrogens is 1. The highest BCUT2D eigenvalue weighted by Gasteiger charge is 2.46. The molecule has 5 heteroatoms. The fourth-order valence-electron chi connectivity index (χ4n) is 2.91. The van der Waals surface area contributed by atoms with Gasteiger partial charge in [-0.25, -0.2) is 0 Å². The first-order valence-electron chi connectivity index (χ1n) is 5.88. The minimum atomic E-state index is 0.00519. The number of aromatic nitrogens is 1. The zero-order valence-electron chi connectivity index (χ0n) is 9.72. The van der Waals surface area contributed by atoms with Gasteiger partial charge in [0.1, 0.15) is 5.69 Å². The van der Waals surface area contributed by atoms with Crippen LogP contribution in [-0.4, -0.2) is 52.3 Å². The molecule has 3 heterocycles. The number of aromatic amines is 1. The minimum Gasteiger partial charge on any atom is -0.357 e. The number of hydrogen-bond donors (Lipinski definition) is 1. The molecule has 17 heavy (non-hydrogen) atoms. The largest absolute Gasteiger partial charge is 0.357 e. The number of amides is 2. The minimum absolute atomic E-state index is 0.00519. The van der Waals surface area contributed by atoms with E-state index in [-0.39, 0.29) is 23.9 Å². The molecule has 2 unspecified atom stereocenters. The lowest BCUT2D eigenvalue weighted by Gasteiger charge is -2.23. The molecule has 0 spiro atoms. The number of hydrogen-bond acceptors (Lipinski definition) is 2. The van der Waals surface area contributed by atoms with Gasteiger partial charge in [-0.05, 0) is 18.6 Å². The summed E-state index contributed by atoms with van der Waals surface area (Å²) in [6.45, 7) is 0.741. The first kappa shape index (κ1) is 10.4. The van der Waals surface area contributed by atoms with Gasteiger partial charge in [-0.3, -0.25) is 9.59 Å². The summed E-state index contributed by atoms with van der Waals surface area (Å²) in [7, 11) is 1.83. The Hall–Kier alpha value is -1.78.